The van der Waals surface area contributed by atoms with Gasteiger partial charge in [0.05, 0.1) is 19.6 Å². The largest absolute Gasteiger partial charge is 0.497 e. The number of Topliss-reactive ketones (excluding diaryl/α,β-unsaturated/α-hetero) is 1. The zero-order valence-electron chi connectivity index (χ0n) is 12.0. The number of carbonyl (C=O) groups excluding carboxylic acids is 2. The number of hydrogen-bond donors (Lipinski definition) is 0. The van der Waals surface area contributed by atoms with Crippen molar-refractivity contribution < 1.29 is 19.1 Å². The summed E-state index contributed by atoms with van der Waals surface area (Å²) in [5, 5.41) is 0. The zero-order chi connectivity index (χ0) is 14.6. The Bertz CT molecular complexity index is 497. The van der Waals surface area contributed by atoms with Gasteiger partial charge in [0.2, 0.25) is 0 Å². The highest BCUT2D eigenvalue weighted by atomic mass is 16.5. The van der Waals surface area contributed by atoms with Gasteiger partial charge in [-0.15, -0.1) is 0 Å². The molecule has 0 aliphatic heterocycles. The van der Waals surface area contributed by atoms with Gasteiger partial charge >= 0.3 is 5.97 Å². The number of esters is 1. The van der Waals surface area contributed by atoms with E-state index in [0.717, 1.165) is 11.3 Å². The number of ketones is 1. The summed E-state index contributed by atoms with van der Waals surface area (Å²) in [7, 11) is 3.03. The summed E-state index contributed by atoms with van der Waals surface area (Å²) < 4.78 is 10.2. The molecule has 4 heteroatoms. The predicted molar refractivity (Wildman–Crippen MR) is 74.6 cm³/mol. The lowest BCUT2D eigenvalue weighted by molar-refractivity contribution is -0.155. The fraction of sp³-hybridized carbons (Fsp3) is 0.500. The van der Waals surface area contributed by atoms with Gasteiger partial charge in [0.15, 0.2) is 0 Å². The first-order valence-corrected chi connectivity index (χ1v) is 6.83. The predicted octanol–water partition coefficient (Wildman–Crippen LogP) is 2.54. The van der Waals surface area contributed by atoms with Gasteiger partial charge < -0.3 is 9.47 Å². The van der Waals surface area contributed by atoms with E-state index in [0.29, 0.717) is 32.1 Å². The van der Waals surface area contributed by atoms with Crippen LogP contribution in [-0.2, 0) is 20.7 Å². The summed E-state index contributed by atoms with van der Waals surface area (Å²) in [6, 6.07) is 7.69. The highest BCUT2D eigenvalue weighted by Crippen LogP contribution is 2.39. The summed E-state index contributed by atoms with van der Waals surface area (Å²) in [5.41, 5.74) is 0.457. The Balaban J connectivity index is 2.23. The first-order chi connectivity index (χ1) is 9.59. The second-order valence-corrected chi connectivity index (χ2v) is 5.34. The molecule has 0 radical (unpaired) electrons. The van der Waals surface area contributed by atoms with E-state index < -0.39 is 5.41 Å². The normalized spacial score (nSPS) is 17.6. The Labute approximate surface area is 119 Å². The summed E-state index contributed by atoms with van der Waals surface area (Å²) in [6.45, 7) is 0. The molecule has 0 spiro atoms. The molecule has 0 N–H and O–H groups in total. The van der Waals surface area contributed by atoms with E-state index in [1.54, 1.807) is 7.11 Å². The molecule has 1 saturated carbocycles. The fourth-order valence-electron chi connectivity index (χ4n) is 2.85. The van der Waals surface area contributed by atoms with Crippen molar-refractivity contribution in [1.29, 1.82) is 0 Å². The third kappa shape index (κ3) is 3.00. The van der Waals surface area contributed by atoms with Crippen LogP contribution >= 0.6 is 0 Å². The first-order valence-electron chi connectivity index (χ1n) is 6.83. The molecule has 1 aliphatic carbocycles. The number of rotatable bonds is 4. The van der Waals surface area contributed by atoms with Crippen LogP contribution in [0.15, 0.2) is 24.3 Å². The molecule has 0 atom stereocenters. The number of methoxy groups -OCH3 is 2. The Hall–Kier alpha value is -1.84. The third-order valence-corrected chi connectivity index (χ3v) is 4.06. The summed E-state index contributed by atoms with van der Waals surface area (Å²) in [6.07, 6.45) is 2.63. The van der Waals surface area contributed by atoms with Gasteiger partial charge in [-0.2, -0.15) is 0 Å². The highest BCUT2D eigenvalue weighted by Gasteiger charge is 2.42. The lowest BCUT2D eigenvalue weighted by Gasteiger charge is -2.34. The number of carbonyl (C=O) groups is 2. The molecule has 0 aromatic heterocycles. The molecule has 0 amide bonds. The Kier molecular flexibility index (Phi) is 4.42. The van der Waals surface area contributed by atoms with Gasteiger partial charge in [0.1, 0.15) is 11.5 Å². The van der Waals surface area contributed by atoms with Crippen LogP contribution in [0.5, 0.6) is 5.75 Å². The molecule has 0 bridgehead atoms. The van der Waals surface area contributed by atoms with Crippen molar-refractivity contribution in [2.24, 2.45) is 5.41 Å². The minimum atomic E-state index is -0.574. The Morgan fingerprint density at radius 2 is 1.95 bits per heavy atom. The fourth-order valence-corrected chi connectivity index (χ4v) is 2.85. The van der Waals surface area contributed by atoms with Gasteiger partial charge in [-0.25, -0.2) is 0 Å². The standard InChI is InChI=1S/C16H20O4/c1-19-14-5-3-4-12(10-14)11-16(15(18)20-2)8-6-13(17)7-9-16/h3-5,10H,6-9,11H2,1-2H3. The van der Waals surface area contributed by atoms with E-state index in [2.05, 4.69) is 0 Å². The summed E-state index contributed by atoms with van der Waals surface area (Å²) in [5.74, 6) is 0.789. The Morgan fingerprint density at radius 1 is 1.25 bits per heavy atom. The van der Waals surface area contributed by atoms with Crippen molar-refractivity contribution in [1.82, 2.24) is 0 Å². The van der Waals surface area contributed by atoms with E-state index in [1.807, 2.05) is 24.3 Å². The molecular weight excluding hydrogens is 256 g/mol. The monoisotopic (exact) mass is 276 g/mol. The van der Waals surface area contributed by atoms with Crippen LogP contribution in [0.3, 0.4) is 0 Å². The van der Waals surface area contributed by atoms with Crippen molar-refractivity contribution in [3.05, 3.63) is 29.8 Å². The van der Waals surface area contributed by atoms with E-state index in [-0.39, 0.29) is 11.8 Å². The molecule has 0 unspecified atom stereocenters. The van der Waals surface area contributed by atoms with E-state index in [9.17, 15) is 9.59 Å². The number of ether oxygens (including phenoxy) is 2. The minimum absolute atomic E-state index is 0.215. The van der Waals surface area contributed by atoms with Gasteiger partial charge in [-0.05, 0) is 37.0 Å². The molecule has 4 nitrogen and oxygen atoms in total. The molecule has 1 aliphatic rings. The van der Waals surface area contributed by atoms with Crippen molar-refractivity contribution >= 4 is 11.8 Å². The van der Waals surface area contributed by atoms with Crippen LogP contribution in [0, 0.1) is 5.41 Å². The second-order valence-electron chi connectivity index (χ2n) is 5.34. The van der Waals surface area contributed by atoms with E-state index in [1.165, 1.54) is 7.11 Å². The molecule has 0 heterocycles. The quantitative estimate of drug-likeness (QED) is 0.793. The second kappa shape index (κ2) is 6.07. The van der Waals surface area contributed by atoms with Crippen LogP contribution in [-0.4, -0.2) is 26.0 Å². The third-order valence-electron chi connectivity index (χ3n) is 4.06. The molecule has 1 aromatic rings. The van der Waals surface area contributed by atoms with E-state index >= 15 is 0 Å². The Morgan fingerprint density at radius 3 is 2.55 bits per heavy atom. The molecule has 2 rings (SSSR count). The van der Waals surface area contributed by atoms with E-state index in [4.69, 9.17) is 9.47 Å². The molecular formula is C16H20O4. The van der Waals surface area contributed by atoms with Crippen LogP contribution in [0.2, 0.25) is 0 Å². The van der Waals surface area contributed by atoms with Crippen molar-refractivity contribution in [2.75, 3.05) is 14.2 Å². The zero-order valence-corrected chi connectivity index (χ0v) is 12.0. The van der Waals surface area contributed by atoms with Gasteiger partial charge in [-0.1, -0.05) is 12.1 Å². The smallest absolute Gasteiger partial charge is 0.312 e. The lowest BCUT2D eigenvalue weighted by atomic mass is 9.70. The topological polar surface area (TPSA) is 52.6 Å². The van der Waals surface area contributed by atoms with Crippen molar-refractivity contribution in [2.45, 2.75) is 32.1 Å². The SMILES string of the molecule is COC(=O)C1(Cc2cccc(OC)c2)CCC(=O)CC1. The van der Waals surface area contributed by atoms with Crippen LogP contribution < -0.4 is 4.74 Å². The minimum Gasteiger partial charge on any atom is -0.497 e. The van der Waals surface area contributed by atoms with Crippen LogP contribution in [0.1, 0.15) is 31.2 Å². The van der Waals surface area contributed by atoms with Crippen molar-refractivity contribution in [3.63, 3.8) is 0 Å². The molecule has 108 valence electrons. The maximum absolute atomic E-state index is 12.2. The maximum Gasteiger partial charge on any atom is 0.312 e. The van der Waals surface area contributed by atoms with Crippen molar-refractivity contribution in [3.8, 4) is 5.75 Å². The molecule has 1 aromatic carbocycles. The molecule has 1 fully saturated rings. The van der Waals surface area contributed by atoms with Gasteiger partial charge in [0, 0.05) is 12.8 Å². The lowest BCUT2D eigenvalue weighted by Crippen LogP contribution is -2.38. The number of benzene rings is 1. The molecule has 0 saturated heterocycles. The number of hydrogen-bond acceptors (Lipinski definition) is 4. The maximum atomic E-state index is 12.2. The highest BCUT2D eigenvalue weighted by molar-refractivity contribution is 5.84. The van der Waals surface area contributed by atoms with Gasteiger partial charge in [0.25, 0.3) is 0 Å². The molecule has 20 heavy (non-hydrogen) atoms. The first kappa shape index (κ1) is 14.6. The van der Waals surface area contributed by atoms with Crippen LogP contribution in [0.25, 0.3) is 0 Å². The van der Waals surface area contributed by atoms with Gasteiger partial charge in [-0.3, -0.25) is 9.59 Å². The summed E-state index contributed by atoms with van der Waals surface area (Å²) in [4.78, 5) is 23.6. The summed E-state index contributed by atoms with van der Waals surface area (Å²) >= 11 is 0. The average Bonchev–Trinajstić information content (AvgIpc) is 2.49. The average molecular weight is 276 g/mol. The van der Waals surface area contributed by atoms with Crippen LogP contribution in [0.4, 0.5) is 0 Å².